The first-order chi connectivity index (χ1) is 7.27. The molecule has 2 nitrogen and oxygen atoms in total. The predicted octanol–water partition coefficient (Wildman–Crippen LogP) is 2.02. The van der Waals surface area contributed by atoms with Gasteiger partial charge in [-0.2, -0.15) is 0 Å². The van der Waals surface area contributed by atoms with Gasteiger partial charge in [-0.15, -0.1) is 0 Å². The molecule has 0 spiro atoms. The summed E-state index contributed by atoms with van der Waals surface area (Å²) in [5.41, 5.74) is 0. The number of rotatable bonds is 5. The van der Waals surface area contributed by atoms with Crippen molar-refractivity contribution in [1.82, 2.24) is 10.2 Å². The van der Waals surface area contributed by atoms with Crippen molar-refractivity contribution in [3.8, 4) is 0 Å². The minimum absolute atomic E-state index is 0.718. The summed E-state index contributed by atoms with van der Waals surface area (Å²) in [5, 5.41) is 3.67. The summed E-state index contributed by atoms with van der Waals surface area (Å²) in [6.45, 7) is 8.26. The lowest BCUT2D eigenvalue weighted by Crippen LogP contribution is -2.47. The monoisotopic (exact) mass is 208 g/mol. The van der Waals surface area contributed by atoms with Crippen LogP contribution in [0.15, 0.2) is 12.2 Å². The van der Waals surface area contributed by atoms with Crippen molar-refractivity contribution in [3.63, 3.8) is 0 Å². The van der Waals surface area contributed by atoms with Crippen LogP contribution >= 0.6 is 0 Å². The first kappa shape index (κ1) is 11.2. The van der Waals surface area contributed by atoms with Crippen LogP contribution in [0.1, 0.15) is 33.1 Å². The molecule has 0 aromatic heterocycles. The summed E-state index contributed by atoms with van der Waals surface area (Å²) in [4.78, 5) is 2.63. The highest BCUT2D eigenvalue weighted by Gasteiger charge is 2.26. The van der Waals surface area contributed by atoms with Gasteiger partial charge in [-0.3, -0.25) is 4.90 Å². The minimum atomic E-state index is 0.718. The van der Waals surface area contributed by atoms with Gasteiger partial charge in [0.1, 0.15) is 0 Å². The highest BCUT2D eigenvalue weighted by Crippen LogP contribution is 2.20. The lowest BCUT2D eigenvalue weighted by molar-refractivity contribution is 0.164. The summed E-state index contributed by atoms with van der Waals surface area (Å²) in [5.74, 6) is 0.753. The van der Waals surface area contributed by atoms with E-state index >= 15 is 0 Å². The Balaban J connectivity index is 1.82. The zero-order chi connectivity index (χ0) is 10.7. The molecule has 86 valence electrons. The molecule has 1 aliphatic carbocycles. The molecule has 2 rings (SSSR count). The van der Waals surface area contributed by atoms with E-state index in [0.717, 1.165) is 24.5 Å². The second-order valence-corrected chi connectivity index (χ2v) is 5.25. The summed E-state index contributed by atoms with van der Waals surface area (Å²) in [7, 11) is 0. The van der Waals surface area contributed by atoms with E-state index < -0.39 is 0 Å². The fraction of sp³-hybridized carbons (Fsp3) is 0.846. The molecule has 0 amide bonds. The molecule has 1 unspecified atom stereocenters. The fourth-order valence-electron chi connectivity index (χ4n) is 2.32. The van der Waals surface area contributed by atoms with Crippen LogP contribution in [0.25, 0.3) is 0 Å². The van der Waals surface area contributed by atoms with Gasteiger partial charge >= 0.3 is 0 Å². The van der Waals surface area contributed by atoms with Gasteiger partial charge in [0.05, 0.1) is 0 Å². The van der Waals surface area contributed by atoms with Crippen LogP contribution < -0.4 is 5.32 Å². The number of nitrogens with one attached hydrogen (secondary N) is 1. The quantitative estimate of drug-likeness (QED) is 0.695. The summed E-state index contributed by atoms with van der Waals surface area (Å²) in [6.07, 6.45) is 8.64. The van der Waals surface area contributed by atoms with Crippen molar-refractivity contribution >= 4 is 0 Å². The zero-order valence-electron chi connectivity index (χ0n) is 10.1. The van der Waals surface area contributed by atoms with Crippen LogP contribution in [-0.2, 0) is 0 Å². The van der Waals surface area contributed by atoms with Crippen LogP contribution in [0.3, 0.4) is 0 Å². The third-order valence-corrected chi connectivity index (χ3v) is 3.52. The van der Waals surface area contributed by atoms with Gasteiger partial charge in [0.25, 0.3) is 0 Å². The molecule has 0 aromatic rings. The van der Waals surface area contributed by atoms with Crippen LogP contribution in [0.4, 0.5) is 0 Å². The van der Waals surface area contributed by atoms with E-state index in [1.807, 2.05) is 0 Å². The largest absolute Gasteiger partial charge is 0.312 e. The molecule has 0 saturated heterocycles. The Labute approximate surface area is 93.7 Å². The molecule has 0 radical (unpaired) electrons. The van der Waals surface area contributed by atoms with Crippen LogP contribution in [-0.4, -0.2) is 36.6 Å². The molecule has 1 atom stereocenters. The van der Waals surface area contributed by atoms with Gasteiger partial charge in [0.2, 0.25) is 0 Å². The molecular formula is C13H24N2. The minimum Gasteiger partial charge on any atom is -0.312 e. The fourth-order valence-corrected chi connectivity index (χ4v) is 2.32. The number of nitrogens with zero attached hydrogens (tertiary/aromatic N) is 1. The first-order valence-corrected chi connectivity index (χ1v) is 6.40. The standard InChI is InChI=1S/C13H24N2/c1-11(2)13(10-14-12-6-7-12)15-8-4-3-5-9-15/h3-4,11-14H,5-10H2,1-2H3. The van der Waals surface area contributed by atoms with E-state index in [4.69, 9.17) is 0 Å². The summed E-state index contributed by atoms with van der Waals surface area (Å²) < 4.78 is 0. The third kappa shape index (κ3) is 3.32. The Kier molecular flexibility index (Phi) is 3.81. The maximum atomic E-state index is 3.67. The van der Waals surface area contributed by atoms with Gasteiger partial charge in [-0.1, -0.05) is 26.0 Å². The first-order valence-electron chi connectivity index (χ1n) is 6.40. The Hall–Kier alpha value is -0.340. The van der Waals surface area contributed by atoms with E-state index in [1.165, 1.54) is 32.4 Å². The van der Waals surface area contributed by atoms with E-state index in [0.29, 0.717) is 0 Å². The molecule has 0 aromatic carbocycles. The Morgan fingerprint density at radius 2 is 2.13 bits per heavy atom. The third-order valence-electron chi connectivity index (χ3n) is 3.52. The number of hydrogen-bond acceptors (Lipinski definition) is 2. The molecule has 1 aliphatic heterocycles. The predicted molar refractivity (Wildman–Crippen MR) is 65.0 cm³/mol. The maximum Gasteiger partial charge on any atom is 0.0247 e. The lowest BCUT2D eigenvalue weighted by atomic mass is 10.0. The molecule has 1 fully saturated rings. The molecule has 0 bridgehead atoms. The van der Waals surface area contributed by atoms with Crippen molar-refractivity contribution in [1.29, 1.82) is 0 Å². The Morgan fingerprint density at radius 1 is 1.33 bits per heavy atom. The van der Waals surface area contributed by atoms with Crippen molar-refractivity contribution in [2.24, 2.45) is 5.92 Å². The van der Waals surface area contributed by atoms with E-state index in [9.17, 15) is 0 Å². The molecule has 2 heteroatoms. The smallest absolute Gasteiger partial charge is 0.0247 e. The second-order valence-electron chi connectivity index (χ2n) is 5.25. The average Bonchev–Trinajstić information content (AvgIpc) is 3.03. The SMILES string of the molecule is CC(C)C(CNC1CC1)N1CC=CCC1. The lowest BCUT2D eigenvalue weighted by Gasteiger charge is -2.35. The Bertz CT molecular complexity index is 219. The average molecular weight is 208 g/mol. The van der Waals surface area contributed by atoms with Gasteiger partial charge in [0.15, 0.2) is 0 Å². The second kappa shape index (κ2) is 5.13. The van der Waals surface area contributed by atoms with E-state index in [1.54, 1.807) is 0 Å². The molecular weight excluding hydrogens is 184 g/mol. The van der Waals surface area contributed by atoms with Crippen LogP contribution in [0, 0.1) is 5.92 Å². The normalized spacial score (nSPS) is 24.7. The molecule has 2 aliphatic rings. The van der Waals surface area contributed by atoms with Gasteiger partial charge in [-0.05, 0) is 25.2 Å². The van der Waals surface area contributed by atoms with Gasteiger partial charge in [-0.25, -0.2) is 0 Å². The number of hydrogen-bond donors (Lipinski definition) is 1. The maximum absolute atomic E-state index is 3.67. The molecule has 1 heterocycles. The van der Waals surface area contributed by atoms with Crippen molar-refractivity contribution < 1.29 is 0 Å². The highest BCUT2D eigenvalue weighted by molar-refractivity contribution is 4.94. The van der Waals surface area contributed by atoms with Crippen molar-refractivity contribution in [3.05, 3.63) is 12.2 Å². The molecule has 1 N–H and O–H groups in total. The summed E-state index contributed by atoms with van der Waals surface area (Å²) >= 11 is 0. The topological polar surface area (TPSA) is 15.3 Å². The highest BCUT2D eigenvalue weighted by atomic mass is 15.2. The zero-order valence-corrected chi connectivity index (χ0v) is 10.1. The summed E-state index contributed by atoms with van der Waals surface area (Å²) in [6, 6.07) is 1.56. The van der Waals surface area contributed by atoms with Gasteiger partial charge in [0, 0.05) is 31.7 Å². The van der Waals surface area contributed by atoms with E-state index in [-0.39, 0.29) is 0 Å². The Morgan fingerprint density at radius 3 is 2.67 bits per heavy atom. The molecule has 15 heavy (non-hydrogen) atoms. The van der Waals surface area contributed by atoms with Crippen molar-refractivity contribution in [2.45, 2.75) is 45.2 Å². The van der Waals surface area contributed by atoms with Gasteiger partial charge < -0.3 is 5.32 Å². The van der Waals surface area contributed by atoms with Crippen LogP contribution in [0.5, 0.6) is 0 Å². The van der Waals surface area contributed by atoms with E-state index in [2.05, 4.69) is 36.2 Å². The molecule has 1 saturated carbocycles. The van der Waals surface area contributed by atoms with Crippen molar-refractivity contribution in [2.75, 3.05) is 19.6 Å². The van der Waals surface area contributed by atoms with Crippen LogP contribution in [0.2, 0.25) is 0 Å².